The van der Waals surface area contributed by atoms with Gasteiger partial charge in [-0.25, -0.2) is 0 Å². The van der Waals surface area contributed by atoms with E-state index in [4.69, 9.17) is 4.99 Å². The Kier molecular flexibility index (Phi) is 8.45. The van der Waals surface area contributed by atoms with Crippen molar-refractivity contribution in [2.75, 3.05) is 38.5 Å². The third kappa shape index (κ3) is 6.02. The number of nitrogens with zero attached hydrogens (tertiary/aromatic N) is 2. The second-order valence-corrected chi connectivity index (χ2v) is 8.03. The minimum atomic E-state index is 0.0136. The van der Waals surface area contributed by atoms with Gasteiger partial charge in [0.05, 0.1) is 4.88 Å². The molecule has 0 bridgehead atoms. The van der Waals surface area contributed by atoms with Crippen molar-refractivity contribution < 1.29 is 4.79 Å². The lowest BCUT2D eigenvalue weighted by Crippen LogP contribution is -2.48. The van der Waals surface area contributed by atoms with Gasteiger partial charge in [-0.2, -0.15) is 11.8 Å². The van der Waals surface area contributed by atoms with Gasteiger partial charge >= 0.3 is 0 Å². The molecule has 134 valence electrons. The van der Waals surface area contributed by atoms with Crippen LogP contribution >= 0.6 is 23.1 Å². The Labute approximate surface area is 153 Å². The summed E-state index contributed by atoms with van der Waals surface area (Å²) < 4.78 is 0. The molecular weight excluding hydrogens is 340 g/mol. The molecule has 7 heteroatoms. The molecule has 2 rings (SSSR count). The van der Waals surface area contributed by atoms with Crippen LogP contribution < -0.4 is 10.6 Å². The van der Waals surface area contributed by atoms with Gasteiger partial charge < -0.3 is 15.5 Å². The lowest BCUT2D eigenvalue weighted by molar-refractivity contribution is 0.0957. The molecule has 2 N–H and O–H groups in total. The average Bonchev–Trinajstić information content (AvgIpc) is 3.15. The molecule has 1 saturated heterocycles. The van der Waals surface area contributed by atoms with E-state index in [0.29, 0.717) is 11.8 Å². The maximum atomic E-state index is 11.9. The lowest BCUT2D eigenvalue weighted by Gasteiger charge is -2.34. The van der Waals surface area contributed by atoms with E-state index in [1.165, 1.54) is 23.5 Å². The molecule has 0 radical (unpaired) electrons. The molecule has 0 aromatic carbocycles. The van der Waals surface area contributed by atoms with Gasteiger partial charge in [0.15, 0.2) is 5.96 Å². The van der Waals surface area contributed by atoms with Gasteiger partial charge in [-0.05, 0) is 31.2 Å². The van der Waals surface area contributed by atoms with Gasteiger partial charge in [0.25, 0.3) is 5.91 Å². The van der Waals surface area contributed by atoms with Crippen molar-refractivity contribution in [3.05, 3.63) is 22.4 Å². The van der Waals surface area contributed by atoms with Gasteiger partial charge in [-0.1, -0.05) is 13.0 Å². The maximum Gasteiger partial charge on any atom is 0.261 e. The summed E-state index contributed by atoms with van der Waals surface area (Å²) in [6, 6.07) is 3.74. The van der Waals surface area contributed by atoms with Crippen LogP contribution in [0.3, 0.4) is 0 Å². The number of rotatable bonds is 7. The van der Waals surface area contributed by atoms with E-state index in [2.05, 4.69) is 41.1 Å². The highest BCUT2D eigenvalue weighted by Crippen LogP contribution is 2.21. The number of carbonyl (C=O) groups is 1. The maximum absolute atomic E-state index is 11.9. The molecule has 0 aliphatic carbocycles. The van der Waals surface area contributed by atoms with Crippen LogP contribution in [0.25, 0.3) is 0 Å². The van der Waals surface area contributed by atoms with Crippen molar-refractivity contribution in [2.45, 2.75) is 31.9 Å². The number of nitrogens with one attached hydrogen (secondary N) is 2. The van der Waals surface area contributed by atoms with Crippen molar-refractivity contribution in [3.8, 4) is 0 Å². The molecule has 1 amide bonds. The third-order valence-electron chi connectivity index (χ3n) is 3.86. The summed E-state index contributed by atoms with van der Waals surface area (Å²) in [5.41, 5.74) is 0. The minimum Gasteiger partial charge on any atom is -0.357 e. The topological polar surface area (TPSA) is 56.7 Å². The molecule has 2 heterocycles. The summed E-state index contributed by atoms with van der Waals surface area (Å²) in [6.45, 7) is 8.76. The fourth-order valence-electron chi connectivity index (χ4n) is 2.55. The van der Waals surface area contributed by atoms with Gasteiger partial charge in [0, 0.05) is 43.7 Å². The first-order valence-corrected chi connectivity index (χ1v) is 10.6. The molecule has 1 aliphatic rings. The smallest absolute Gasteiger partial charge is 0.261 e. The standard InChI is InChI=1S/C17H28N4OS2/c1-3-14-13-21(10-12-23-14)17(18-4-2)20-9-6-8-19-16(22)15-7-5-11-24-15/h5,7,11,14H,3-4,6,8-10,12-13H2,1-2H3,(H,18,20)(H,19,22). The van der Waals surface area contributed by atoms with Gasteiger partial charge in [-0.15, -0.1) is 11.3 Å². The predicted molar refractivity (Wildman–Crippen MR) is 105 cm³/mol. The highest BCUT2D eigenvalue weighted by Gasteiger charge is 2.21. The number of amides is 1. The number of aliphatic imine (C=N–C) groups is 1. The summed E-state index contributed by atoms with van der Waals surface area (Å²) in [6.07, 6.45) is 2.06. The minimum absolute atomic E-state index is 0.0136. The highest BCUT2D eigenvalue weighted by molar-refractivity contribution is 8.00. The van der Waals surface area contributed by atoms with Crippen LogP contribution in [0.1, 0.15) is 36.4 Å². The SMILES string of the molecule is CCNC(=NCCCNC(=O)c1cccs1)N1CCSC(CC)C1. The fraction of sp³-hybridized carbons (Fsp3) is 0.647. The monoisotopic (exact) mass is 368 g/mol. The van der Waals surface area contributed by atoms with Crippen molar-refractivity contribution in [1.29, 1.82) is 0 Å². The molecule has 1 aromatic rings. The zero-order chi connectivity index (χ0) is 17.2. The summed E-state index contributed by atoms with van der Waals surface area (Å²) in [4.78, 5) is 19.7. The lowest BCUT2D eigenvalue weighted by atomic mass is 10.3. The molecule has 1 atom stereocenters. The van der Waals surface area contributed by atoms with Crippen LogP contribution in [0.4, 0.5) is 0 Å². The first-order chi connectivity index (χ1) is 11.7. The Morgan fingerprint density at radius 2 is 2.29 bits per heavy atom. The molecule has 1 unspecified atom stereocenters. The van der Waals surface area contributed by atoms with Crippen LogP contribution in [0.15, 0.2) is 22.5 Å². The predicted octanol–water partition coefficient (Wildman–Crippen LogP) is 2.66. The highest BCUT2D eigenvalue weighted by atomic mass is 32.2. The van der Waals surface area contributed by atoms with Gasteiger partial charge in [0.2, 0.25) is 0 Å². The zero-order valence-electron chi connectivity index (χ0n) is 14.6. The zero-order valence-corrected chi connectivity index (χ0v) is 16.2. The van der Waals surface area contributed by atoms with Crippen LogP contribution in [0.5, 0.6) is 0 Å². The summed E-state index contributed by atoms with van der Waals surface area (Å²) >= 11 is 3.53. The first-order valence-electron chi connectivity index (χ1n) is 8.71. The van der Waals surface area contributed by atoms with Crippen molar-refractivity contribution in [1.82, 2.24) is 15.5 Å². The van der Waals surface area contributed by atoms with Crippen LogP contribution in [-0.2, 0) is 0 Å². The van der Waals surface area contributed by atoms with E-state index in [0.717, 1.165) is 43.4 Å². The quantitative estimate of drug-likeness (QED) is 0.441. The van der Waals surface area contributed by atoms with E-state index < -0.39 is 0 Å². The van der Waals surface area contributed by atoms with Crippen molar-refractivity contribution >= 4 is 35.0 Å². The van der Waals surface area contributed by atoms with Crippen LogP contribution in [-0.4, -0.2) is 60.5 Å². The molecule has 1 aromatic heterocycles. The molecular formula is C17H28N4OS2. The Bertz CT molecular complexity index is 519. The Balaban J connectivity index is 1.75. The van der Waals surface area contributed by atoms with E-state index >= 15 is 0 Å². The van der Waals surface area contributed by atoms with Crippen LogP contribution in [0.2, 0.25) is 0 Å². The van der Waals surface area contributed by atoms with Crippen molar-refractivity contribution in [3.63, 3.8) is 0 Å². The average molecular weight is 369 g/mol. The van der Waals surface area contributed by atoms with E-state index in [1.807, 2.05) is 17.5 Å². The second kappa shape index (κ2) is 10.6. The number of hydrogen-bond donors (Lipinski definition) is 2. The molecule has 0 saturated carbocycles. The summed E-state index contributed by atoms with van der Waals surface area (Å²) in [5.74, 6) is 2.19. The largest absolute Gasteiger partial charge is 0.357 e. The number of carbonyl (C=O) groups excluding carboxylic acids is 1. The van der Waals surface area contributed by atoms with E-state index in [1.54, 1.807) is 0 Å². The molecule has 0 spiro atoms. The van der Waals surface area contributed by atoms with Crippen molar-refractivity contribution in [2.24, 2.45) is 4.99 Å². The molecule has 5 nitrogen and oxygen atoms in total. The van der Waals surface area contributed by atoms with Gasteiger partial charge in [0.1, 0.15) is 0 Å². The fourth-order valence-corrected chi connectivity index (χ4v) is 4.37. The second-order valence-electron chi connectivity index (χ2n) is 5.67. The van der Waals surface area contributed by atoms with E-state index in [-0.39, 0.29) is 5.91 Å². The first kappa shape index (κ1) is 19.1. The normalized spacial score (nSPS) is 18.5. The number of hydrogen-bond acceptors (Lipinski definition) is 4. The molecule has 24 heavy (non-hydrogen) atoms. The molecule has 1 aliphatic heterocycles. The van der Waals surface area contributed by atoms with Crippen LogP contribution in [0, 0.1) is 0 Å². The number of guanidine groups is 1. The Morgan fingerprint density at radius 1 is 1.42 bits per heavy atom. The molecule has 1 fully saturated rings. The third-order valence-corrected chi connectivity index (χ3v) is 6.10. The Hall–Kier alpha value is -1.21. The summed E-state index contributed by atoms with van der Waals surface area (Å²) in [7, 11) is 0. The number of thiophene rings is 1. The summed E-state index contributed by atoms with van der Waals surface area (Å²) in [5, 5.41) is 8.97. The Morgan fingerprint density at radius 3 is 3.00 bits per heavy atom. The van der Waals surface area contributed by atoms with E-state index in [9.17, 15) is 4.79 Å². The van der Waals surface area contributed by atoms with Gasteiger partial charge in [-0.3, -0.25) is 9.79 Å². The number of thioether (sulfide) groups is 1.